The van der Waals surface area contributed by atoms with E-state index in [1.165, 1.54) is 29.5 Å². The van der Waals surface area contributed by atoms with Gasteiger partial charge < -0.3 is 0 Å². The van der Waals surface area contributed by atoms with Crippen LogP contribution in [0, 0.1) is 5.82 Å². The number of halogens is 4. The summed E-state index contributed by atoms with van der Waals surface area (Å²) in [6.07, 6.45) is -3.92. The van der Waals surface area contributed by atoms with Gasteiger partial charge in [-0.05, 0) is 41.8 Å². The van der Waals surface area contributed by atoms with Gasteiger partial charge >= 0.3 is 6.18 Å². The average Bonchev–Trinajstić information content (AvgIpc) is 3.31. The molecule has 0 radical (unpaired) electrons. The zero-order valence-corrected chi connectivity index (χ0v) is 14.8. The van der Waals surface area contributed by atoms with E-state index in [0.717, 1.165) is 17.0 Å². The van der Waals surface area contributed by atoms with Crippen molar-refractivity contribution in [1.29, 1.82) is 0 Å². The Bertz CT molecular complexity index is 962. The van der Waals surface area contributed by atoms with Crippen molar-refractivity contribution in [3.63, 3.8) is 0 Å². The molecule has 0 fully saturated rings. The largest absolute Gasteiger partial charge is 0.416 e. The summed E-state index contributed by atoms with van der Waals surface area (Å²) in [7, 11) is 0. The molecule has 1 unspecified atom stereocenters. The van der Waals surface area contributed by atoms with Crippen LogP contribution in [0.1, 0.15) is 28.5 Å². The molecule has 7 heteroatoms. The minimum Gasteiger partial charge on any atom is -0.257 e. The summed E-state index contributed by atoms with van der Waals surface area (Å²) >= 11 is 1.54. The average molecular weight is 390 g/mol. The highest BCUT2D eigenvalue weighted by molar-refractivity contribution is 7.10. The third-order valence-corrected chi connectivity index (χ3v) is 5.40. The summed E-state index contributed by atoms with van der Waals surface area (Å²) in [4.78, 5) is 1.02. The molecule has 0 amide bonds. The highest BCUT2D eigenvalue weighted by Crippen LogP contribution is 2.39. The van der Waals surface area contributed by atoms with Crippen molar-refractivity contribution in [2.75, 3.05) is 5.01 Å². The van der Waals surface area contributed by atoms with Crippen LogP contribution in [0.4, 0.5) is 23.2 Å². The number of benzene rings is 2. The van der Waals surface area contributed by atoms with Gasteiger partial charge in [-0.3, -0.25) is 5.01 Å². The number of thiophene rings is 1. The fraction of sp³-hybridized carbons (Fsp3) is 0.150. The summed E-state index contributed by atoms with van der Waals surface area (Å²) in [6.45, 7) is 0. The van der Waals surface area contributed by atoms with E-state index in [0.29, 0.717) is 23.4 Å². The van der Waals surface area contributed by atoms with Crippen LogP contribution in [-0.2, 0) is 6.18 Å². The number of alkyl halides is 3. The molecule has 138 valence electrons. The van der Waals surface area contributed by atoms with Crippen molar-refractivity contribution in [3.8, 4) is 0 Å². The molecule has 0 saturated heterocycles. The van der Waals surface area contributed by atoms with Crippen molar-refractivity contribution < 1.29 is 17.6 Å². The molecule has 1 atom stereocenters. The molecule has 1 aliphatic heterocycles. The molecule has 0 N–H and O–H groups in total. The molecule has 0 spiro atoms. The van der Waals surface area contributed by atoms with Crippen LogP contribution >= 0.6 is 11.3 Å². The lowest BCUT2D eigenvalue weighted by molar-refractivity contribution is -0.137. The Labute approximate surface area is 157 Å². The maximum Gasteiger partial charge on any atom is 0.416 e. The van der Waals surface area contributed by atoms with Crippen molar-refractivity contribution >= 4 is 22.7 Å². The molecular weight excluding hydrogens is 376 g/mol. The van der Waals surface area contributed by atoms with Crippen LogP contribution in [0.15, 0.2) is 71.1 Å². The second-order valence-electron chi connectivity index (χ2n) is 6.15. The fourth-order valence-electron chi connectivity index (χ4n) is 3.11. The van der Waals surface area contributed by atoms with Gasteiger partial charge in [0, 0.05) is 16.9 Å². The number of nitrogens with zero attached hydrogens (tertiary/aromatic N) is 2. The normalized spacial score (nSPS) is 17.3. The first-order valence-electron chi connectivity index (χ1n) is 8.26. The lowest BCUT2D eigenvalue weighted by atomic mass is 10.0. The van der Waals surface area contributed by atoms with Gasteiger partial charge in [0.15, 0.2) is 0 Å². The highest BCUT2D eigenvalue weighted by atomic mass is 32.1. The van der Waals surface area contributed by atoms with Crippen molar-refractivity contribution in [2.45, 2.75) is 18.6 Å². The van der Waals surface area contributed by atoms with E-state index in [1.807, 2.05) is 17.5 Å². The molecule has 3 aromatic rings. The summed E-state index contributed by atoms with van der Waals surface area (Å²) < 4.78 is 52.7. The van der Waals surface area contributed by atoms with E-state index in [9.17, 15) is 17.6 Å². The molecule has 2 heterocycles. The van der Waals surface area contributed by atoms with Crippen LogP contribution in [0.3, 0.4) is 0 Å². The maximum atomic E-state index is 14.2. The van der Waals surface area contributed by atoms with Crippen LogP contribution in [-0.4, -0.2) is 5.71 Å². The number of hydrogen-bond donors (Lipinski definition) is 0. The number of anilines is 1. The fourth-order valence-corrected chi connectivity index (χ4v) is 3.92. The highest BCUT2D eigenvalue weighted by Gasteiger charge is 2.33. The maximum absolute atomic E-state index is 14.2. The van der Waals surface area contributed by atoms with E-state index < -0.39 is 11.7 Å². The monoisotopic (exact) mass is 390 g/mol. The molecule has 0 bridgehead atoms. The van der Waals surface area contributed by atoms with E-state index >= 15 is 0 Å². The quantitative estimate of drug-likeness (QED) is 0.482. The minimum absolute atomic E-state index is 0.184. The number of rotatable bonds is 3. The van der Waals surface area contributed by atoms with Gasteiger partial charge in [-0.15, -0.1) is 11.3 Å². The van der Waals surface area contributed by atoms with Crippen molar-refractivity contribution in [2.24, 2.45) is 5.10 Å². The van der Waals surface area contributed by atoms with Gasteiger partial charge in [-0.25, -0.2) is 4.39 Å². The van der Waals surface area contributed by atoms with Gasteiger partial charge in [0.05, 0.1) is 23.0 Å². The van der Waals surface area contributed by atoms with Crippen molar-refractivity contribution in [3.05, 3.63) is 87.9 Å². The third kappa shape index (κ3) is 3.47. The lowest BCUT2D eigenvalue weighted by Crippen LogP contribution is -2.17. The zero-order chi connectivity index (χ0) is 19.0. The van der Waals surface area contributed by atoms with Gasteiger partial charge in [0.2, 0.25) is 0 Å². The Morgan fingerprint density at radius 3 is 2.33 bits per heavy atom. The van der Waals surface area contributed by atoms with Gasteiger partial charge in [-0.1, -0.05) is 24.3 Å². The molecule has 0 aliphatic carbocycles. The predicted octanol–water partition coefficient (Wildman–Crippen LogP) is 6.26. The van der Waals surface area contributed by atoms with E-state index in [1.54, 1.807) is 23.2 Å². The first-order valence-corrected chi connectivity index (χ1v) is 9.14. The number of hydrogen-bond acceptors (Lipinski definition) is 3. The summed E-state index contributed by atoms with van der Waals surface area (Å²) in [5.74, 6) is -0.365. The molecule has 4 rings (SSSR count). The Kier molecular flexibility index (Phi) is 4.47. The Balaban J connectivity index is 1.73. The van der Waals surface area contributed by atoms with E-state index in [-0.39, 0.29) is 11.9 Å². The van der Waals surface area contributed by atoms with Gasteiger partial charge in [-0.2, -0.15) is 18.3 Å². The first kappa shape index (κ1) is 17.7. The second kappa shape index (κ2) is 6.81. The van der Waals surface area contributed by atoms with Gasteiger partial charge in [0.1, 0.15) is 5.82 Å². The van der Waals surface area contributed by atoms with Crippen LogP contribution in [0.2, 0.25) is 0 Å². The summed E-state index contributed by atoms with van der Waals surface area (Å²) in [6, 6.07) is 14.9. The molecule has 1 aromatic heterocycles. The molecule has 2 nitrogen and oxygen atoms in total. The lowest BCUT2D eigenvalue weighted by Gasteiger charge is -2.23. The SMILES string of the molecule is Fc1ccccc1C1=NN(c2ccc(C(F)(F)F)cc2)C(c2cccs2)C1. The predicted molar refractivity (Wildman–Crippen MR) is 98.5 cm³/mol. The summed E-state index contributed by atoms with van der Waals surface area (Å²) in [5, 5.41) is 8.16. The topological polar surface area (TPSA) is 15.6 Å². The molecule has 0 saturated carbocycles. The smallest absolute Gasteiger partial charge is 0.257 e. The molecule has 1 aliphatic rings. The van der Waals surface area contributed by atoms with Crippen LogP contribution in [0.5, 0.6) is 0 Å². The molecular formula is C20H14F4N2S. The molecule has 27 heavy (non-hydrogen) atoms. The van der Waals surface area contributed by atoms with Gasteiger partial charge in [0.25, 0.3) is 0 Å². The van der Waals surface area contributed by atoms with Crippen molar-refractivity contribution in [1.82, 2.24) is 0 Å². The van der Waals surface area contributed by atoms with Crippen LogP contribution < -0.4 is 5.01 Å². The molecule has 2 aromatic carbocycles. The Hall–Kier alpha value is -2.67. The summed E-state index contributed by atoms with van der Waals surface area (Å²) in [5.41, 5.74) is 0.809. The van der Waals surface area contributed by atoms with E-state index in [2.05, 4.69) is 5.10 Å². The minimum atomic E-state index is -4.39. The van der Waals surface area contributed by atoms with E-state index in [4.69, 9.17) is 0 Å². The number of hydrazone groups is 1. The Morgan fingerprint density at radius 1 is 0.963 bits per heavy atom. The zero-order valence-electron chi connectivity index (χ0n) is 13.9. The van der Waals surface area contributed by atoms with Crippen LogP contribution in [0.25, 0.3) is 0 Å². The second-order valence-corrected chi connectivity index (χ2v) is 7.13. The third-order valence-electron chi connectivity index (χ3n) is 4.43. The Morgan fingerprint density at radius 2 is 1.70 bits per heavy atom. The standard InChI is InChI=1S/C20H14F4N2S/c21-16-5-2-1-4-15(16)17-12-18(19-6-3-11-27-19)26(25-17)14-9-7-13(8-10-14)20(22,23)24/h1-11,18H,12H2. The first-order chi connectivity index (χ1) is 12.9.